The zero-order valence-corrected chi connectivity index (χ0v) is 11.7. The summed E-state index contributed by atoms with van der Waals surface area (Å²) in [5, 5.41) is 9.49. The highest BCUT2D eigenvalue weighted by molar-refractivity contribution is 5.74. The van der Waals surface area contributed by atoms with Crippen molar-refractivity contribution in [2.24, 2.45) is 0 Å². The van der Waals surface area contributed by atoms with Gasteiger partial charge < -0.3 is 10.0 Å². The zero-order chi connectivity index (χ0) is 13.8. The van der Waals surface area contributed by atoms with Crippen molar-refractivity contribution in [3.05, 3.63) is 35.4 Å². The number of rotatable bonds is 4. The van der Waals surface area contributed by atoms with Crippen molar-refractivity contribution in [2.45, 2.75) is 19.4 Å². The van der Waals surface area contributed by atoms with E-state index < -0.39 is 12.0 Å². The zero-order valence-electron chi connectivity index (χ0n) is 11.7. The number of carbonyl (C=O) groups is 1. The van der Waals surface area contributed by atoms with Gasteiger partial charge in [-0.15, -0.1) is 0 Å². The SMILES string of the molecule is Cc1ccccc1C[C@H](C(=O)O)N1CCN(C)CC1. The number of nitrogens with zero attached hydrogens (tertiary/aromatic N) is 2. The van der Waals surface area contributed by atoms with E-state index in [2.05, 4.69) is 16.8 Å². The smallest absolute Gasteiger partial charge is 0.321 e. The van der Waals surface area contributed by atoms with Crippen LogP contribution in [0.2, 0.25) is 0 Å². The van der Waals surface area contributed by atoms with Gasteiger partial charge in [0, 0.05) is 26.2 Å². The Morgan fingerprint density at radius 3 is 2.47 bits per heavy atom. The van der Waals surface area contributed by atoms with E-state index in [4.69, 9.17) is 0 Å². The van der Waals surface area contributed by atoms with E-state index in [1.807, 2.05) is 31.2 Å². The third-order valence-electron chi connectivity index (χ3n) is 3.94. The highest BCUT2D eigenvalue weighted by Gasteiger charge is 2.28. The molecule has 2 rings (SSSR count). The molecule has 0 radical (unpaired) electrons. The Morgan fingerprint density at radius 2 is 1.89 bits per heavy atom. The third-order valence-corrected chi connectivity index (χ3v) is 3.94. The van der Waals surface area contributed by atoms with Crippen LogP contribution in [0, 0.1) is 6.92 Å². The molecule has 0 saturated carbocycles. The summed E-state index contributed by atoms with van der Waals surface area (Å²) in [6.07, 6.45) is 0.589. The molecule has 19 heavy (non-hydrogen) atoms. The van der Waals surface area contributed by atoms with Gasteiger partial charge in [0.15, 0.2) is 0 Å². The van der Waals surface area contributed by atoms with Crippen LogP contribution < -0.4 is 0 Å². The lowest BCUT2D eigenvalue weighted by Crippen LogP contribution is -2.52. The average molecular weight is 262 g/mol. The quantitative estimate of drug-likeness (QED) is 0.886. The van der Waals surface area contributed by atoms with E-state index in [1.54, 1.807) is 0 Å². The van der Waals surface area contributed by atoms with Crippen molar-refractivity contribution in [3.63, 3.8) is 0 Å². The van der Waals surface area contributed by atoms with Gasteiger partial charge in [0.2, 0.25) is 0 Å². The molecule has 1 aliphatic heterocycles. The standard InChI is InChI=1S/C15H22N2O2/c1-12-5-3-4-6-13(12)11-14(15(18)19)17-9-7-16(2)8-10-17/h3-6,14H,7-11H2,1-2H3,(H,18,19)/t14-/m1/s1. The number of benzene rings is 1. The maximum absolute atomic E-state index is 11.5. The van der Waals surface area contributed by atoms with Crippen molar-refractivity contribution in [3.8, 4) is 0 Å². The number of hydrogen-bond acceptors (Lipinski definition) is 3. The predicted octanol–water partition coefficient (Wildman–Crippen LogP) is 1.24. The highest BCUT2D eigenvalue weighted by Crippen LogP contribution is 2.15. The van der Waals surface area contributed by atoms with Crippen LogP contribution in [0.25, 0.3) is 0 Å². The number of likely N-dealkylation sites (N-methyl/N-ethyl adjacent to an activating group) is 1. The van der Waals surface area contributed by atoms with Gasteiger partial charge in [-0.05, 0) is 31.5 Å². The predicted molar refractivity (Wildman–Crippen MR) is 75.4 cm³/mol. The van der Waals surface area contributed by atoms with Crippen LogP contribution in [-0.4, -0.2) is 60.1 Å². The minimum atomic E-state index is -0.715. The summed E-state index contributed by atoms with van der Waals surface area (Å²) in [6, 6.07) is 7.63. The van der Waals surface area contributed by atoms with Crippen molar-refractivity contribution in [1.29, 1.82) is 0 Å². The summed E-state index contributed by atoms with van der Waals surface area (Å²) in [6.45, 7) is 5.59. The molecular formula is C15H22N2O2. The van der Waals surface area contributed by atoms with Gasteiger partial charge in [0.1, 0.15) is 6.04 Å². The van der Waals surface area contributed by atoms with Crippen LogP contribution in [0.15, 0.2) is 24.3 Å². The molecule has 1 atom stereocenters. The second-order valence-electron chi connectivity index (χ2n) is 5.32. The van der Waals surface area contributed by atoms with Crippen LogP contribution in [0.5, 0.6) is 0 Å². The first-order valence-electron chi connectivity index (χ1n) is 6.78. The Morgan fingerprint density at radius 1 is 1.26 bits per heavy atom. The molecule has 1 aromatic carbocycles. The van der Waals surface area contributed by atoms with Gasteiger partial charge in [0.25, 0.3) is 0 Å². The molecule has 0 unspecified atom stereocenters. The van der Waals surface area contributed by atoms with E-state index >= 15 is 0 Å². The second kappa shape index (κ2) is 6.17. The topological polar surface area (TPSA) is 43.8 Å². The van der Waals surface area contributed by atoms with Crippen LogP contribution in [0.3, 0.4) is 0 Å². The molecule has 1 heterocycles. The normalized spacial score (nSPS) is 19.3. The summed E-state index contributed by atoms with van der Waals surface area (Å²) < 4.78 is 0. The Hall–Kier alpha value is -1.39. The Balaban J connectivity index is 2.09. The first-order chi connectivity index (χ1) is 9.08. The first kappa shape index (κ1) is 14.0. The average Bonchev–Trinajstić information content (AvgIpc) is 2.39. The number of piperazine rings is 1. The lowest BCUT2D eigenvalue weighted by atomic mass is 10.00. The fourth-order valence-electron chi connectivity index (χ4n) is 2.55. The van der Waals surface area contributed by atoms with Crippen molar-refractivity contribution in [2.75, 3.05) is 33.2 Å². The first-order valence-corrected chi connectivity index (χ1v) is 6.78. The molecular weight excluding hydrogens is 240 g/mol. The van der Waals surface area contributed by atoms with Crippen molar-refractivity contribution in [1.82, 2.24) is 9.80 Å². The molecule has 0 spiro atoms. The summed E-state index contributed by atoms with van der Waals surface area (Å²) in [5.74, 6) is -0.715. The van der Waals surface area contributed by atoms with Crippen molar-refractivity contribution >= 4 is 5.97 Å². The lowest BCUT2D eigenvalue weighted by molar-refractivity contribution is -0.144. The minimum Gasteiger partial charge on any atom is -0.480 e. The Labute approximate surface area is 114 Å². The highest BCUT2D eigenvalue weighted by atomic mass is 16.4. The Bertz CT molecular complexity index is 440. The molecule has 4 nitrogen and oxygen atoms in total. The molecule has 0 amide bonds. The molecule has 1 fully saturated rings. The summed E-state index contributed by atoms with van der Waals surface area (Å²) in [7, 11) is 2.08. The Kier molecular flexibility index (Phi) is 4.56. The number of aliphatic carboxylic acids is 1. The molecule has 0 bridgehead atoms. The number of carboxylic acids is 1. The molecule has 0 aromatic heterocycles. The van der Waals surface area contributed by atoms with E-state index in [-0.39, 0.29) is 0 Å². The molecule has 1 aliphatic rings. The summed E-state index contributed by atoms with van der Waals surface area (Å²) >= 11 is 0. The minimum absolute atomic E-state index is 0.408. The van der Waals surface area contributed by atoms with E-state index in [0.717, 1.165) is 31.7 Å². The fourth-order valence-corrected chi connectivity index (χ4v) is 2.55. The van der Waals surface area contributed by atoms with Gasteiger partial charge in [-0.1, -0.05) is 24.3 Å². The number of aryl methyl sites for hydroxylation is 1. The van der Waals surface area contributed by atoms with Crippen LogP contribution >= 0.6 is 0 Å². The van der Waals surface area contributed by atoms with E-state index in [0.29, 0.717) is 6.42 Å². The molecule has 1 aromatic rings. The monoisotopic (exact) mass is 262 g/mol. The van der Waals surface area contributed by atoms with Crippen molar-refractivity contribution < 1.29 is 9.90 Å². The van der Waals surface area contributed by atoms with Gasteiger partial charge in [-0.2, -0.15) is 0 Å². The maximum atomic E-state index is 11.5. The van der Waals surface area contributed by atoms with Gasteiger partial charge in [-0.3, -0.25) is 9.69 Å². The van der Waals surface area contributed by atoms with Crippen LogP contribution in [0.1, 0.15) is 11.1 Å². The summed E-state index contributed by atoms with van der Waals surface area (Å²) in [5.41, 5.74) is 2.30. The fraction of sp³-hybridized carbons (Fsp3) is 0.533. The summed E-state index contributed by atoms with van der Waals surface area (Å²) in [4.78, 5) is 15.9. The lowest BCUT2D eigenvalue weighted by Gasteiger charge is -2.36. The third kappa shape index (κ3) is 3.55. The van der Waals surface area contributed by atoms with Gasteiger partial charge >= 0.3 is 5.97 Å². The van der Waals surface area contributed by atoms with E-state index in [1.165, 1.54) is 5.56 Å². The molecule has 1 saturated heterocycles. The molecule has 104 valence electrons. The molecule has 1 N–H and O–H groups in total. The van der Waals surface area contributed by atoms with Crippen LogP contribution in [-0.2, 0) is 11.2 Å². The maximum Gasteiger partial charge on any atom is 0.321 e. The molecule has 0 aliphatic carbocycles. The van der Waals surface area contributed by atoms with E-state index in [9.17, 15) is 9.90 Å². The largest absolute Gasteiger partial charge is 0.480 e. The second-order valence-corrected chi connectivity index (χ2v) is 5.32. The van der Waals surface area contributed by atoms with Gasteiger partial charge in [-0.25, -0.2) is 0 Å². The number of hydrogen-bond donors (Lipinski definition) is 1. The van der Waals surface area contributed by atoms with Gasteiger partial charge in [0.05, 0.1) is 0 Å². The molecule has 4 heteroatoms. The number of carboxylic acid groups (broad SMARTS) is 1. The van der Waals surface area contributed by atoms with Crippen LogP contribution in [0.4, 0.5) is 0 Å².